The fourth-order valence-electron chi connectivity index (χ4n) is 11.7. The number of nitrogens with zero attached hydrogens (tertiary/aromatic N) is 1. The summed E-state index contributed by atoms with van der Waals surface area (Å²) in [6.07, 6.45) is 2.24. The molecule has 12 heteroatoms. The van der Waals surface area contributed by atoms with Crippen LogP contribution in [0, 0.1) is 17.8 Å². The molecule has 7 unspecified atom stereocenters. The Kier molecular flexibility index (Phi) is 7.05. The Labute approximate surface area is 275 Å². The first-order valence-electron chi connectivity index (χ1n) is 16.6. The maximum atomic E-state index is 14.3. The third kappa shape index (κ3) is 3.83. The van der Waals surface area contributed by atoms with Crippen LogP contribution in [-0.4, -0.2) is 104 Å². The molecular formula is C35H44N2O9S. The maximum absolute atomic E-state index is 14.3. The van der Waals surface area contributed by atoms with Crippen molar-refractivity contribution in [2.45, 2.75) is 103 Å². The van der Waals surface area contributed by atoms with Gasteiger partial charge in [0.05, 0.1) is 34.5 Å². The minimum Gasteiger partial charge on any atom is -0.453 e. The summed E-state index contributed by atoms with van der Waals surface area (Å²) in [4.78, 5) is 16.8. The highest BCUT2D eigenvalue weighted by atomic mass is 32.2. The Bertz CT molecular complexity index is 1690. The van der Waals surface area contributed by atoms with Gasteiger partial charge >= 0.3 is 5.97 Å². The molecule has 11 nitrogen and oxygen atoms in total. The molecule has 0 aromatic heterocycles. The van der Waals surface area contributed by atoms with E-state index in [0.29, 0.717) is 38.5 Å². The van der Waals surface area contributed by atoms with Crippen LogP contribution in [0.2, 0.25) is 0 Å². The molecule has 3 N–H and O–H groups in total. The highest BCUT2D eigenvalue weighted by molar-refractivity contribution is 7.92. The molecule has 6 fully saturated rings. The van der Waals surface area contributed by atoms with Gasteiger partial charge in [0.15, 0.2) is 0 Å². The molecule has 254 valence electrons. The zero-order valence-corrected chi connectivity index (χ0v) is 28.0. The Hall–Kier alpha value is -2.58. The molecule has 8 rings (SSSR count). The van der Waals surface area contributed by atoms with Gasteiger partial charge in [-0.25, -0.2) is 13.2 Å². The largest absolute Gasteiger partial charge is 0.453 e. The molecule has 1 spiro atoms. The zero-order chi connectivity index (χ0) is 33.1. The van der Waals surface area contributed by atoms with Crippen molar-refractivity contribution < 1.29 is 42.4 Å². The van der Waals surface area contributed by atoms with E-state index in [1.807, 2.05) is 0 Å². The van der Waals surface area contributed by atoms with Gasteiger partial charge in [-0.2, -0.15) is 0 Å². The first kappa shape index (κ1) is 31.7. The van der Waals surface area contributed by atoms with Gasteiger partial charge in [0, 0.05) is 63.1 Å². The van der Waals surface area contributed by atoms with E-state index in [2.05, 4.69) is 16.5 Å². The van der Waals surface area contributed by atoms with Crippen molar-refractivity contribution >= 4 is 21.7 Å². The number of aliphatic hydroxyl groups is 2. The summed E-state index contributed by atoms with van der Waals surface area (Å²) in [5.41, 5.74) is -4.32. The number of fused-ring (bicyclic) bond motifs is 2. The van der Waals surface area contributed by atoms with E-state index in [1.54, 1.807) is 63.8 Å². The number of methoxy groups -OCH3 is 3. The monoisotopic (exact) mass is 668 g/mol. The fourth-order valence-corrected chi connectivity index (χ4v) is 12.8. The molecule has 2 aromatic rings. The number of benzene rings is 2. The topological polar surface area (TPSA) is 144 Å². The van der Waals surface area contributed by atoms with Gasteiger partial charge in [-0.05, 0) is 63.3 Å². The number of hydrogen-bond donors (Lipinski definition) is 3. The Morgan fingerprint density at radius 2 is 1.66 bits per heavy atom. The predicted octanol–water partition coefficient (Wildman–Crippen LogP) is 2.96. The lowest BCUT2D eigenvalue weighted by molar-refractivity contribution is -0.310. The first-order valence-corrected chi connectivity index (χ1v) is 18.1. The van der Waals surface area contributed by atoms with Crippen molar-refractivity contribution in [2.75, 3.05) is 26.1 Å². The summed E-state index contributed by atoms with van der Waals surface area (Å²) in [5, 5.41) is 25.5. The van der Waals surface area contributed by atoms with Crippen molar-refractivity contribution in [1.82, 2.24) is 4.90 Å². The van der Waals surface area contributed by atoms with Crippen LogP contribution in [0.3, 0.4) is 0 Å². The molecule has 3 heterocycles. The molecule has 7 bridgehead atoms. The highest BCUT2D eigenvalue weighted by Crippen LogP contribution is 2.76. The minimum absolute atomic E-state index is 0.0845. The van der Waals surface area contributed by atoms with E-state index in [-0.39, 0.29) is 52.1 Å². The SMILES string of the molecule is COC1C[C@]2(O)C3CC4C5(C[C@@H](OC)CC[C@@]4(OC(=O)c4ccccc4NS(=O)(=O)c4ccccc4)[C@H](C)N35)C3CC1[C@H](OC)[C@@]32O. The quantitative estimate of drug-likeness (QED) is 0.360. The molecule has 6 aliphatic rings. The lowest BCUT2D eigenvalue weighted by Crippen LogP contribution is -2.81. The van der Waals surface area contributed by atoms with Crippen LogP contribution in [0.25, 0.3) is 0 Å². The highest BCUT2D eigenvalue weighted by Gasteiger charge is 2.89. The molecule has 0 amide bonds. The van der Waals surface area contributed by atoms with Gasteiger partial charge in [0.25, 0.3) is 10.0 Å². The molecular weight excluding hydrogens is 624 g/mol. The van der Waals surface area contributed by atoms with E-state index in [0.717, 1.165) is 0 Å². The maximum Gasteiger partial charge on any atom is 0.340 e. The number of sulfonamides is 1. The summed E-state index contributed by atoms with van der Waals surface area (Å²) in [5.74, 6) is -1.29. The molecule has 0 radical (unpaired) electrons. The van der Waals surface area contributed by atoms with Gasteiger partial charge in [-0.3, -0.25) is 9.62 Å². The van der Waals surface area contributed by atoms with Crippen molar-refractivity contribution in [1.29, 1.82) is 0 Å². The normalized spacial score (nSPS) is 45.8. The molecule has 3 aliphatic heterocycles. The zero-order valence-electron chi connectivity index (χ0n) is 27.2. The number of piperidine rings is 2. The van der Waals surface area contributed by atoms with Crippen LogP contribution in [-0.2, 0) is 29.0 Å². The lowest BCUT2D eigenvalue weighted by Gasteiger charge is -2.64. The number of hydrogen-bond acceptors (Lipinski definition) is 10. The Morgan fingerprint density at radius 3 is 2.36 bits per heavy atom. The van der Waals surface area contributed by atoms with Gasteiger partial charge in [0.2, 0.25) is 0 Å². The Balaban J connectivity index is 1.20. The third-order valence-electron chi connectivity index (χ3n) is 13.3. The van der Waals surface area contributed by atoms with E-state index in [4.69, 9.17) is 18.9 Å². The van der Waals surface area contributed by atoms with Gasteiger partial charge in [0.1, 0.15) is 16.8 Å². The van der Waals surface area contributed by atoms with Crippen molar-refractivity contribution in [2.24, 2.45) is 17.8 Å². The fraction of sp³-hybridized carbons (Fsp3) is 0.629. The summed E-state index contributed by atoms with van der Waals surface area (Å²) in [6, 6.07) is 13.8. The van der Waals surface area contributed by atoms with Crippen LogP contribution in [0.1, 0.15) is 55.8 Å². The smallest absolute Gasteiger partial charge is 0.340 e. The van der Waals surface area contributed by atoms with Gasteiger partial charge in [-0.1, -0.05) is 30.3 Å². The van der Waals surface area contributed by atoms with E-state index < -0.39 is 50.5 Å². The number of carbonyl (C=O) groups is 1. The summed E-state index contributed by atoms with van der Waals surface area (Å²) in [7, 11) is 0.994. The number of esters is 1. The van der Waals surface area contributed by atoms with Gasteiger partial charge in [-0.15, -0.1) is 0 Å². The number of carbonyl (C=O) groups excluding carboxylic acids is 1. The second-order valence-electron chi connectivity index (χ2n) is 14.6. The van der Waals surface area contributed by atoms with Crippen molar-refractivity contribution in [3.63, 3.8) is 0 Å². The summed E-state index contributed by atoms with van der Waals surface area (Å²) >= 11 is 0. The second kappa shape index (κ2) is 10.5. The van der Waals surface area contributed by atoms with Gasteiger partial charge < -0.3 is 29.2 Å². The summed E-state index contributed by atoms with van der Waals surface area (Å²) < 4.78 is 53.9. The number of rotatable bonds is 8. The molecule has 3 saturated heterocycles. The van der Waals surface area contributed by atoms with Crippen LogP contribution < -0.4 is 4.72 Å². The first-order chi connectivity index (χ1) is 22.4. The lowest BCUT2D eigenvalue weighted by atomic mass is 9.58. The van der Waals surface area contributed by atoms with Crippen LogP contribution in [0.4, 0.5) is 5.69 Å². The van der Waals surface area contributed by atoms with E-state index >= 15 is 0 Å². The second-order valence-corrected chi connectivity index (χ2v) is 16.3. The molecule has 3 saturated carbocycles. The third-order valence-corrected chi connectivity index (χ3v) is 14.7. The molecule has 2 aromatic carbocycles. The van der Waals surface area contributed by atoms with Crippen LogP contribution >= 0.6 is 0 Å². The van der Waals surface area contributed by atoms with Crippen molar-refractivity contribution in [3.8, 4) is 0 Å². The summed E-state index contributed by atoms with van der Waals surface area (Å²) in [6.45, 7) is 2.07. The van der Waals surface area contributed by atoms with E-state index in [9.17, 15) is 23.4 Å². The molecule has 3 aliphatic carbocycles. The number of anilines is 1. The molecule has 13 atom stereocenters. The van der Waals surface area contributed by atoms with Crippen molar-refractivity contribution in [3.05, 3.63) is 60.2 Å². The minimum atomic E-state index is -3.97. The Morgan fingerprint density at radius 1 is 0.936 bits per heavy atom. The van der Waals surface area contributed by atoms with Crippen LogP contribution in [0.5, 0.6) is 0 Å². The molecule has 47 heavy (non-hydrogen) atoms. The standard InChI is InChI=1S/C35H44N2O9S/c1-20-33(46-31(38)23-12-8-9-13-25(23)36-47(41,42)22-10-6-5-7-11-22)15-14-21(43-2)18-32-27(33)17-29(37(20)32)34(39)19-26(44-3)24-16-28(32)35(34,40)30(24)45-4/h5-13,20-21,24,26-30,36,39-40H,14-19H2,1-4H3/t20-,21-,24?,26?,27?,28?,29?,30-,32?,33+,34-,35-/m0/s1. The average Bonchev–Trinajstić information content (AvgIpc) is 3.55. The predicted molar refractivity (Wildman–Crippen MR) is 170 cm³/mol. The van der Waals surface area contributed by atoms with E-state index in [1.165, 1.54) is 12.1 Å². The number of para-hydroxylation sites is 1. The average molecular weight is 669 g/mol. The van der Waals surface area contributed by atoms with Crippen LogP contribution in [0.15, 0.2) is 59.5 Å². The number of nitrogens with one attached hydrogen (secondary N) is 1. The number of ether oxygens (including phenoxy) is 4.